The van der Waals surface area contributed by atoms with E-state index in [0.29, 0.717) is 0 Å². The maximum absolute atomic E-state index is 8.55. The second kappa shape index (κ2) is 5.99. The van der Waals surface area contributed by atoms with Crippen LogP contribution in [0.15, 0.2) is 12.7 Å². The van der Waals surface area contributed by atoms with Crippen LogP contribution in [0.5, 0.6) is 0 Å². The van der Waals surface area contributed by atoms with Gasteiger partial charge in [0.15, 0.2) is 0 Å². The lowest BCUT2D eigenvalue weighted by Gasteiger charge is -1.93. The molecule has 0 aliphatic rings. The van der Waals surface area contributed by atoms with Gasteiger partial charge in [-0.3, -0.25) is 0 Å². The monoisotopic (exact) mass is 122 g/mol. The Balaban J connectivity index is 0. The van der Waals surface area contributed by atoms with Crippen molar-refractivity contribution >= 4 is 12.4 Å². The summed E-state index contributed by atoms with van der Waals surface area (Å²) in [6.45, 7) is 5.29. The summed E-state index contributed by atoms with van der Waals surface area (Å²) in [5.74, 6) is 0. The molecule has 0 saturated carbocycles. The largest absolute Gasteiger partial charge is 0.389 e. The molecule has 7 heavy (non-hydrogen) atoms. The van der Waals surface area contributed by atoms with Crippen LogP contribution in [0.25, 0.3) is 0 Å². The van der Waals surface area contributed by atoms with Crippen molar-refractivity contribution in [2.75, 3.05) is 0 Å². The van der Waals surface area contributed by atoms with E-state index in [1.807, 2.05) is 6.92 Å². The topological polar surface area (TPSA) is 20.2 Å². The van der Waals surface area contributed by atoms with E-state index >= 15 is 0 Å². The van der Waals surface area contributed by atoms with Gasteiger partial charge < -0.3 is 5.11 Å². The summed E-state index contributed by atoms with van der Waals surface area (Å²) < 4.78 is 0. The molecular formula is C5H11ClO. The van der Waals surface area contributed by atoms with Crippen LogP contribution in [-0.2, 0) is 0 Å². The molecule has 0 amide bonds. The Morgan fingerprint density at radius 3 is 2.29 bits per heavy atom. The maximum Gasteiger partial charge on any atom is 0.0715 e. The molecule has 1 atom stereocenters. The lowest BCUT2D eigenvalue weighted by molar-refractivity contribution is 0.219. The second-order valence-electron chi connectivity index (χ2n) is 1.21. The van der Waals surface area contributed by atoms with Crippen molar-refractivity contribution in [2.45, 2.75) is 19.4 Å². The molecule has 0 aliphatic carbocycles. The normalized spacial score (nSPS) is 11.7. The van der Waals surface area contributed by atoms with Crippen molar-refractivity contribution in [1.29, 1.82) is 0 Å². The van der Waals surface area contributed by atoms with Gasteiger partial charge in [-0.15, -0.1) is 19.0 Å². The summed E-state index contributed by atoms with van der Waals surface area (Å²) in [5.41, 5.74) is 0. The Labute approximate surface area is 50.5 Å². The van der Waals surface area contributed by atoms with Gasteiger partial charge in [0.1, 0.15) is 0 Å². The quantitative estimate of drug-likeness (QED) is 0.549. The van der Waals surface area contributed by atoms with Gasteiger partial charge in [0.25, 0.3) is 0 Å². The first-order valence-corrected chi connectivity index (χ1v) is 2.12. The predicted molar refractivity (Wildman–Crippen MR) is 33.7 cm³/mol. The smallest absolute Gasteiger partial charge is 0.0715 e. The van der Waals surface area contributed by atoms with E-state index in [9.17, 15) is 0 Å². The molecule has 44 valence electrons. The molecule has 0 saturated heterocycles. The lowest BCUT2D eigenvalue weighted by atomic mass is 10.3. The average Bonchev–Trinajstić information content (AvgIpc) is 1.65. The van der Waals surface area contributed by atoms with Crippen molar-refractivity contribution in [3.8, 4) is 0 Å². The Morgan fingerprint density at radius 2 is 2.29 bits per heavy atom. The Hall–Kier alpha value is -0.0100. The summed E-state index contributed by atoms with van der Waals surface area (Å²) in [4.78, 5) is 0. The fraction of sp³-hybridized carbons (Fsp3) is 0.600. The summed E-state index contributed by atoms with van der Waals surface area (Å²) >= 11 is 0. The molecule has 0 fully saturated rings. The van der Waals surface area contributed by atoms with Crippen LogP contribution in [0, 0.1) is 0 Å². The molecule has 1 unspecified atom stereocenters. The Morgan fingerprint density at radius 1 is 1.86 bits per heavy atom. The van der Waals surface area contributed by atoms with E-state index in [0.717, 1.165) is 6.42 Å². The zero-order valence-corrected chi connectivity index (χ0v) is 5.24. The van der Waals surface area contributed by atoms with Crippen molar-refractivity contribution in [3.05, 3.63) is 12.7 Å². The number of aliphatic hydroxyl groups is 1. The number of aliphatic hydroxyl groups excluding tert-OH is 1. The minimum atomic E-state index is -0.301. The highest BCUT2D eigenvalue weighted by Crippen LogP contribution is 1.86. The summed E-state index contributed by atoms with van der Waals surface area (Å²) in [5, 5.41) is 8.55. The zero-order chi connectivity index (χ0) is 4.99. The van der Waals surface area contributed by atoms with Crippen LogP contribution in [0.4, 0.5) is 0 Å². The molecule has 0 aromatic heterocycles. The van der Waals surface area contributed by atoms with Crippen LogP contribution in [0.3, 0.4) is 0 Å². The standard InChI is InChI=1S/C5H10O.ClH/c1-3-5(6)4-2;/h3,5-6H,1,4H2,2H3;1H. The molecule has 1 N–H and O–H groups in total. The SMILES string of the molecule is C=CC(O)CC.Cl. The third-order valence-corrected chi connectivity index (χ3v) is 0.690. The first kappa shape index (κ1) is 10.1. The van der Waals surface area contributed by atoms with E-state index < -0.39 is 0 Å². The zero-order valence-electron chi connectivity index (χ0n) is 4.42. The van der Waals surface area contributed by atoms with Crippen molar-refractivity contribution < 1.29 is 5.11 Å². The van der Waals surface area contributed by atoms with Crippen LogP contribution in [-0.4, -0.2) is 11.2 Å². The van der Waals surface area contributed by atoms with Gasteiger partial charge in [0, 0.05) is 0 Å². The van der Waals surface area contributed by atoms with Crippen molar-refractivity contribution in [3.63, 3.8) is 0 Å². The van der Waals surface area contributed by atoms with Crippen LogP contribution < -0.4 is 0 Å². The van der Waals surface area contributed by atoms with E-state index in [4.69, 9.17) is 5.11 Å². The lowest BCUT2D eigenvalue weighted by Crippen LogP contribution is -1.95. The fourth-order valence-electron chi connectivity index (χ4n) is 0.167. The molecule has 0 aromatic carbocycles. The number of hydrogen-bond acceptors (Lipinski definition) is 1. The highest BCUT2D eigenvalue weighted by atomic mass is 35.5. The molecule has 2 heteroatoms. The molecule has 0 bridgehead atoms. The summed E-state index contributed by atoms with van der Waals surface area (Å²) in [6, 6.07) is 0. The van der Waals surface area contributed by atoms with Gasteiger partial charge in [-0.25, -0.2) is 0 Å². The van der Waals surface area contributed by atoms with Crippen molar-refractivity contribution in [2.24, 2.45) is 0 Å². The predicted octanol–water partition coefficient (Wildman–Crippen LogP) is 1.37. The van der Waals surface area contributed by atoms with Gasteiger partial charge in [0.2, 0.25) is 0 Å². The van der Waals surface area contributed by atoms with Gasteiger partial charge in [-0.1, -0.05) is 13.0 Å². The van der Waals surface area contributed by atoms with Crippen molar-refractivity contribution in [1.82, 2.24) is 0 Å². The summed E-state index contributed by atoms with van der Waals surface area (Å²) in [7, 11) is 0. The average molecular weight is 123 g/mol. The summed E-state index contributed by atoms with van der Waals surface area (Å²) in [6.07, 6.45) is 1.99. The second-order valence-corrected chi connectivity index (χ2v) is 1.21. The van der Waals surface area contributed by atoms with E-state index in [2.05, 4.69) is 6.58 Å². The molecule has 0 heterocycles. The highest BCUT2D eigenvalue weighted by molar-refractivity contribution is 5.85. The minimum Gasteiger partial charge on any atom is -0.389 e. The first-order chi connectivity index (χ1) is 2.81. The van der Waals surface area contributed by atoms with E-state index in [-0.39, 0.29) is 18.5 Å². The van der Waals surface area contributed by atoms with E-state index in [1.165, 1.54) is 6.08 Å². The molecule has 0 rings (SSSR count). The van der Waals surface area contributed by atoms with Crippen LogP contribution in [0.1, 0.15) is 13.3 Å². The third kappa shape index (κ3) is 5.99. The maximum atomic E-state index is 8.55. The Bertz CT molecular complexity index is 45.3. The van der Waals surface area contributed by atoms with Crippen LogP contribution in [0.2, 0.25) is 0 Å². The fourth-order valence-corrected chi connectivity index (χ4v) is 0.167. The molecule has 0 aliphatic heterocycles. The molecule has 0 aromatic rings. The first-order valence-electron chi connectivity index (χ1n) is 2.12. The van der Waals surface area contributed by atoms with Crippen LogP contribution >= 0.6 is 12.4 Å². The molecule has 0 radical (unpaired) electrons. The third-order valence-electron chi connectivity index (χ3n) is 0.690. The van der Waals surface area contributed by atoms with E-state index in [1.54, 1.807) is 0 Å². The number of hydrogen-bond donors (Lipinski definition) is 1. The Kier molecular flexibility index (Phi) is 8.62. The molecular weight excluding hydrogens is 112 g/mol. The number of rotatable bonds is 2. The van der Waals surface area contributed by atoms with Gasteiger partial charge in [-0.05, 0) is 6.42 Å². The molecule has 1 nitrogen and oxygen atoms in total. The molecule has 0 spiro atoms. The number of halogens is 1. The van der Waals surface area contributed by atoms with Gasteiger partial charge in [-0.2, -0.15) is 0 Å². The highest BCUT2D eigenvalue weighted by Gasteiger charge is 1.86. The van der Waals surface area contributed by atoms with Gasteiger partial charge in [0.05, 0.1) is 6.10 Å². The van der Waals surface area contributed by atoms with Gasteiger partial charge >= 0.3 is 0 Å². The minimum absolute atomic E-state index is 0.